The summed E-state index contributed by atoms with van der Waals surface area (Å²) in [7, 11) is 0. The summed E-state index contributed by atoms with van der Waals surface area (Å²) in [6, 6.07) is 5.89. The molecule has 5 nitrogen and oxygen atoms in total. The Morgan fingerprint density at radius 2 is 1.96 bits per heavy atom. The van der Waals surface area contributed by atoms with Crippen molar-refractivity contribution in [1.29, 1.82) is 0 Å². The van der Waals surface area contributed by atoms with Crippen molar-refractivity contribution in [3.8, 4) is 11.5 Å². The number of fused-ring (bicyclic) bond motifs is 1. The molecule has 1 atom stereocenters. The first-order valence-corrected chi connectivity index (χ1v) is 9.08. The number of rotatable bonds is 5. The Kier molecular flexibility index (Phi) is 7.85. The van der Waals surface area contributed by atoms with Gasteiger partial charge in [-0.3, -0.25) is 4.79 Å². The van der Waals surface area contributed by atoms with E-state index in [0.29, 0.717) is 38.0 Å². The van der Waals surface area contributed by atoms with Crippen LogP contribution in [0.2, 0.25) is 0 Å². The molecule has 2 aliphatic rings. The van der Waals surface area contributed by atoms with E-state index in [1.54, 1.807) is 0 Å². The molecule has 0 saturated carbocycles. The van der Waals surface area contributed by atoms with Gasteiger partial charge in [-0.15, -0.1) is 12.4 Å². The maximum absolute atomic E-state index is 12.2. The van der Waals surface area contributed by atoms with Gasteiger partial charge in [0.25, 0.3) is 0 Å². The second-order valence-corrected chi connectivity index (χ2v) is 6.88. The molecule has 0 spiro atoms. The van der Waals surface area contributed by atoms with Crippen LogP contribution >= 0.6 is 12.4 Å². The van der Waals surface area contributed by atoms with Crippen LogP contribution in [0.5, 0.6) is 11.5 Å². The lowest BCUT2D eigenvalue weighted by molar-refractivity contribution is -0.122. The van der Waals surface area contributed by atoms with E-state index in [1.165, 1.54) is 12.8 Å². The highest BCUT2D eigenvalue weighted by molar-refractivity contribution is 5.85. The quantitative estimate of drug-likeness (QED) is 0.839. The number of carbonyl (C=O) groups is 1. The molecular weight excluding hydrogens is 340 g/mol. The fourth-order valence-corrected chi connectivity index (χ4v) is 3.46. The predicted octanol–water partition coefficient (Wildman–Crippen LogP) is 2.91. The van der Waals surface area contributed by atoms with Crippen LogP contribution in [0, 0.1) is 11.8 Å². The number of halogens is 1. The number of hydrogen-bond acceptors (Lipinski definition) is 4. The van der Waals surface area contributed by atoms with Gasteiger partial charge < -0.3 is 20.1 Å². The lowest BCUT2D eigenvalue weighted by atomic mass is 9.84. The molecule has 1 fully saturated rings. The minimum Gasteiger partial charge on any atom is -0.490 e. The van der Waals surface area contributed by atoms with E-state index in [2.05, 4.69) is 17.6 Å². The van der Waals surface area contributed by atoms with Crippen LogP contribution in [0.25, 0.3) is 0 Å². The molecule has 6 heteroatoms. The van der Waals surface area contributed by atoms with Crippen molar-refractivity contribution in [2.24, 2.45) is 11.8 Å². The van der Waals surface area contributed by atoms with E-state index in [4.69, 9.17) is 9.47 Å². The Morgan fingerprint density at radius 1 is 1.24 bits per heavy atom. The predicted molar refractivity (Wildman–Crippen MR) is 101 cm³/mol. The maximum Gasteiger partial charge on any atom is 0.220 e. The van der Waals surface area contributed by atoms with Gasteiger partial charge in [-0.05, 0) is 55.5 Å². The van der Waals surface area contributed by atoms with Crippen molar-refractivity contribution >= 4 is 18.3 Å². The SMILES string of the molecule is CC(CC(=O)NCc1ccc2c(c1)OCCCO2)C1CCNCC1.Cl. The van der Waals surface area contributed by atoms with Gasteiger partial charge in [0, 0.05) is 19.4 Å². The van der Waals surface area contributed by atoms with Gasteiger partial charge in [0.2, 0.25) is 5.91 Å². The highest BCUT2D eigenvalue weighted by atomic mass is 35.5. The number of benzene rings is 1. The van der Waals surface area contributed by atoms with Crippen LogP contribution in [-0.2, 0) is 11.3 Å². The summed E-state index contributed by atoms with van der Waals surface area (Å²) in [6.07, 6.45) is 3.86. The Labute approximate surface area is 156 Å². The van der Waals surface area contributed by atoms with Crippen molar-refractivity contribution in [1.82, 2.24) is 10.6 Å². The van der Waals surface area contributed by atoms with Crippen molar-refractivity contribution in [3.63, 3.8) is 0 Å². The second kappa shape index (κ2) is 9.88. The molecule has 0 radical (unpaired) electrons. The zero-order valence-corrected chi connectivity index (χ0v) is 15.7. The van der Waals surface area contributed by atoms with E-state index in [9.17, 15) is 4.79 Å². The average molecular weight is 369 g/mol. The number of carbonyl (C=O) groups excluding carboxylic acids is 1. The van der Waals surface area contributed by atoms with Gasteiger partial charge >= 0.3 is 0 Å². The number of ether oxygens (including phenoxy) is 2. The van der Waals surface area contributed by atoms with Crippen molar-refractivity contribution in [2.75, 3.05) is 26.3 Å². The molecule has 0 bridgehead atoms. The van der Waals surface area contributed by atoms with E-state index >= 15 is 0 Å². The molecule has 1 aromatic carbocycles. The number of amides is 1. The molecule has 1 saturated heterocycles. The monoisotopic (exact) mass is 368 g/mol. The highest BCUT2D eigenvalue weighted by Gasteiger charge is 2.22. The Balaban J connectivity index is 0.00000225. The summed E-state index contributed by atoms with van der Waals surface area (Å²) in [5, 5.41) is 6.42. The summed E-state index contributed by atoms with van der Waals surface area (Å²) in [6.45, 7) is 6.26. The van der Waals surface area contributed by atoms with Gasteiger partial charge in [0.1, 0.15) is 0 Å². The Bertz CT molecular complexity index is 562. The molecule has 2 heterocycles. The average Bonchev–Trinajstić information content (AvgIpc) is 2.85. The molecule has 2 aliphatic heterocycles. The lowest BCUT2D eigenvalue weighted by Gasteiger charge is -2.27. The third-order valence-corrected chi connectivity index (χ3v) is 5.00. The highest BCUT2D eigenvalue weighted by Crippen LogP contribution is 2.30. The van der Waals surface area contributed by atoms with Gasteiger partial charge in [0.05, 0.1) is 13.2 Å². The van der Waals surface area contributed by atoms with Gasteiger partial charge in [-0.25, -0.2) is 0 Å². The molecule has 3 rings (SSSR count). The minimum absolute atomic E-state index is 0. The van der Waals surface area contributed by atoms with Crippen molar-refractivity contribution in [2.45, 2.75) is 39.2 Å². The zero-order chi connectivity index (χ0) is 16.8. The molecule has 2 N–H and O–H groups in total. The number of piperidine rings is 1. The molecule has 1 unspecified atom stereocenters. The molecule has 1 amide bonds. The Morgan fingerprint density at radius 3 is 2.72 bits per heavy atom. The summed E-state index contributed by atoms with van der Waals surface area (Å²) in [5.74, 6) is 2.81. The van der Waals surface area contributed by atoms with Crippen LogP contribution in [0.3, 0.4) is 0 Å². The fourth-order valence-electron chi connectivity index (χ4n) is 3.46. The van der Waals surface area contributed by atoms with Gasteiger partial charge in [-0.2, -0.15) is 0 Å². The lowest BCUT2D eigenvalue weighted by Crippen LogP contribution is -2.33. The largest absolute Gasteiger partial charge is 0.490 e. The topological polar surface area (TPSA) is 59.6 Å². The van der Waals surface area contributed by atoms with Crippen LogP contribution < -0.4 is 20.1 Å². The van der Waals surface area contributed by atoms with Gasteiger partial charge in [0.15, 0.2) is 11.5 Å². The van der Waals surface area contributed by atoms with E-state index in [1.807, 2.05) is 18.2 Å². The van der Waals surface area contributed by atoms with Crippen molar-refractivity contribution in [3.05, 3.63) is 23.8 Å². The summed E-state index contributed by atoms with van der Waals surface area (Å²) >= 11 is 0. The molecule has 140 valence electrons. The van der Waals surface area contributed by atoms with Crippen LogP contribution in [0.1, 0.15) is 38.2 Å². The Hall–Kier alpha value is -1.46. The molecular formula is C19H29ClN2O3. The van der Waals surface area contributed by atoms with Crippen LogP contribution in [-0.4, -0.2) is 32.2 Å². The van der Waals surface area contributed by atoms with Crippen molar-refractivity contribution < 1.29 is 14.3 Å². The number of nitrogens with one attached hydrogen (secondary N) is 2. The zero-order valence-electron chi connectivity index (χ0n) is 14.9. The first-order chi connectivity index (χ1) is 11.7. The third-order valence-electron chi connectivity index (χ3n) is 5.00. The number of hydrogen-bond donors (Lipinski definition) is 2. The smallest absolute Gasteiger partial charge is 0.220 e. The van der Waals surface area contributed by atoms with Crippen LogP contribution in [0.15, 0.2) is 18.2 Å². The first kappa shape index (κ1) is 19.9. The molecule has 25 heavy (non-hydrogen) atoms. The summed E-state index contributed by atoms with van der Waals surface area (Å²) in [5.41, 5.74) is 1.04. The summed E-state index contributed by atoms with van der Waals surface area (Å²) in [4.78, 5) is 12.2. The minimum atomic E-state index is 0. The molecule has 0 aromatic heterocycles. The fraction of sp³-hybridized carbons (Fsp3) is 0.632. The van der Waals surface area contributed by atoms with E-state index < -0.39 is 0 Å². The van der Waals surface area contributed by atoms with Crippen LogP contribution in [0.4, 0.5) is 0 Å². The van der Waals surface area contributed by atoms with Gasteiger partial charge in [-0.1, -0.05) is 13.0 Å². The third kappa shape index (κ3) is 5.79. The standard InChI is InChI=1S/C19H28N2O3.ClH/c1-14(16-5-7-20-8-6-16)11-19(22)21-13-15-3-4-17-18(12-15)24-10-2-9-23-17;/h3-4,12,14,16,20H,2,5-11,13H2,1H3,(H,21,22);1H. The van der Waals surface area contributed by atoms with E-state index in [-0.39, 0.29) is 18.3 Å². The normalized spacial score (nSPS) is 18.6. The molecule has 1 aromatic rings. The molecule has 0 aliphatic carbocycles. The maximum atomic E-state index is 12.2. The van der Waals surface area contributed by atoms with E-state index in [0.717, 1.165) is 36.6 Å². The second-order valence-electron chi connectivity index (χ2n) is 6.88. The summed E-state index contributed by atoms with van der Waals surface area (Å²) < 4.78 is 11.3. The first-order valence-electron chi connectivity index (χ1n) is 9.08.